The Bertz CT molecular complexity index is 719. The standard InChI is InChI=1S/C13H10N6O/c14-7-10-5-8(1-3-17-10)12(15)11-6-9(2-4-18-11)13(20)19-16/h1-6,15H,16H2,(H,19,20). The molecular weight excluding hydrogens is 256 g/mol. The molecule has 1 amide bonds. The number of nitrogens with zero attached hydrogens (tertiary/aromatic N) is 3. The Labute approximate surface area is 114 Å². The molecule has 98 valence electrons. The molecule has 2 heterocycles. The van der Waals surface area contributed by atoms with Crippen LogP contribution in [0.3, 0.4) is 0 Å². The van der Waals surface area contributed by atoms with Crippen LogP contribution in [0.15, 0.2) is 36.7 Å². The molecule has 20 heavy (non-hydrogen) atoms. The molecule has 7 heteroatoms. The largest absolute Gasteiger partial charge is 0.298 e. The molecule has 0 aliphatic carbocycles. The fourth-order valence-corrected chi connectivity index (χ4v) is 1.59. The number of amides is 1. The first-order valence-corrected chi connectivity index (χ1v) is 5.58. The van der Waals surface area contributed by atoms with Crippen LogP contribution >= 0.6 is 0 Å². The summed E-state index contributed by atoms with van der Waals surface area (Å²) in [6.45, 7) is 0. The van der Waals surface area contributed by atoms with Gasteiger partial charge in [-0.2, -0.15) is 5.26 Å². The number of nitrogens with two attached hydrogens (primary N) is 1. The number of carbonyl (C=O) groups is 1. The Balaban J connectivity index is 2.38. The number of hydrogen-bond donors (Lipinski definition) is 3. The van der Waals surface area contributed by atoms with Gasteiger partial charge in [-0.25, -0.2) is 10.8 Å². The van der Waals surface area contributed by atoms with Gasteiger partial charge in [0, 0.05) is 23.5 Å². The smallest absolute Gasteiger partial charge is 0.265 e. The Morgan fingerprint density at radius 3 is 2.65 bits per heavy atom. The number of nitriles is 1. The summed E-state index contributed by atoms with van der Waals surface area (Å²) in [6, 6.07) is 7.93. The normalized spacial score (nSPS) is 9.60. The lowest BCUT2D eigenvalue weighted by Crippen LogP contribution is -2.30. The van der Waals surface area contributed by atoms with Gasteiger partial charge in [-0.05, 0) is 24.3 Å². The minimum atomic E-state index is -0.464. The average molecular weight is 266 g/mol. The van der Waals surface area contributed by atoms with Crippen molar-refractivity contribution in [3.05, 3.63) is 59.2 Å². The third-order valence-electron chi connectivity index (χ3n) is 2.57. The second-order valence-electron chi connectivity index (χ2n) is 3.82. The number of aromatic nitrogens is 2. The third kappa shape index (κ3) is 2.66. The van der Waals surface area contributed by atoms with Crippen molar-refractivity contribution >= 4 is 11.6 Å². The van der Waals surface area contributed by atoms with E-state index in [4.69, 9.17) is 16.5 Å². The lowest BCUT2D eigenvalue weighted by atomic mass is 10.1. The van der Waals surface area contributed by atoms with Crippen LogP contribution in [-0.4, -0.2) is 21.6 Å². The van der Waals surface area contributed by atoms with E-state index in [9.17, 15) is 4.79 Å². The zero-order valence-electron chi connectivity index (χ0n) is 10.3. The summed E-state index contributed by atoms with van der Waals surface area (Å²) in [4.78, 5) is 19.3. The van der Waals surface area contributed by atoms with Crippen molar-refractivity contribution in [2.45, 2.75) is 0 Å². The Kier molecular flexibility index (Phi) is 3.79. The molecule has 0 saturated heterocycles. The Morgan fingerprint density at radius 2 is 1.95 bits per heavy atom. The molecule has 0 aliphatic rings. The van der Waals surface area contributed by atoms with E-state index in [1.54, 1.807) is 6.07 Å². The highest BCUT2D eigenvalue weighted by molar-refractivity contribution is 6.10. The van der Waals surface area contributed by atoms with Gasteiger partial charge in [0.25, 0.3) is 5.91 Å². The Hall–Kier alpha value is -3.11. The summed E-state index contributed by atoms with van der Waals surface area (Å²) in [5.74, 6) is 4.60. The second-order valence-corrected chi connectivity index (χ2v) is 3.82. The lowest BCUT2D eigenvalue weighted by molar-refractivity contribution is 0.0953. The minimum Gasteiger partial charge on any atom is -0.298 e. The monoisotopic (exact) mass is 266 g/mol. The SMILES string of the molecule is N#Cc1cc(C(=N)c2cc(C(=O)NN)ccn2)ccn1. The summed E-state index contributed by atoms with van der Waals surface area (Å²) in [7, 11) is 0. The highest BCUT2D eigenvalue weighted by Gasteiger charge is 2.11. The maximum absolute atomic E-state index is 11.4. The van der Waals surface area contributed by atoms with Crippen LogP contribution in [-0.2, 0) is 0 Å². The van der Waals surface area contributed by atoms with Crippen LogP contribution < -0.4 is 11.3 Å². The van der Waals surface area contributed by atoms with Crippen molar-refractivity contribution in [1.29, 1.82) is 10.7 Å². The van der Waals surface area contributed by atoms with E-state index in [2.05, 4.69) is 9.97 Å². The first-order chi connectivity index (χ1) is 9.65. The molecule has 2 rings (SSSR count). The van der Waals surface area contributed by atoms with Gasteiger partial charge in [-0.15, -0.1) is 0 Å². The predicted molar refractivity (Wildman–Crippen MR) is 70.8 cm³/mol. The Morgan fingerprint density at radius 1 is 1.25 bits per heavy atom. The predicted octanol–water partition coefficient (Wildman–Crippen LogP) is 0.368. The number of nitrogens with one attached hydrogen (secondary N) is 2. The second kappa shape index (κ2) is 5.69. The van der Waals surface area contributed by atoms with Crippen molar-refractivity contribution in [3.8, 4) is 6.07 Å². The van der Waals surface area contributed by atoms with Gasteiger partial charge in [0.2, 0.25) is 0 Å². The molecule has 0 saturated carbocycles. The molecular formula is C13H10N6O. The van der Waals surface area contributed by atoms with E-state index in [0.717, 1.165) is 0 Å². The molecule has 0 aromatic carbocycles. The van der Waals surface area contributed by atoms with Gasteiger partial charge < -0.3 is 0 Å². The molecule has 0 fully saturated rings. The molecule has 2 aromatic heterocycles. The highest BCUT2D eigenvalue weighted by Crippen LogP contribution is 2.10. The fourth-order valence-electron chi connectivity index (χ4n) is 1.59. The van der Waals surface area contributed by atoms with E-state index >= 15 is 0 Å². The summed E-state index contributed by atoms with van der Waals surface area (Å²) < 4.78 is 0. The molecule has 4 N–H and O–H groups in total. The van der Waals surface area contributed by atoms with E-state index in [1.165, 1.54) is 30.6 Å². The van der Waals surface area contributed by atoms with Crippen molar-refractivity contribution in [3.63, 3.8) is 0 Å². The van der Waals surface area contributed by atoms with Gasteiger partial charge in [0.1, 0.15) is 11.8 Å². The van der Waals surface area contributed by atoms with Gasteiger partial charge in [0.05, 0.1) is 11.4 Å². The summed E-state index contributed by atoms with van der Waals surface area (Å²) in [5.41, 5.74) is 3.42. The number of rotatable bonds is 3. The number of hydrogen-bond acceptors (Lipinski definition) is 6. The van der Waals surface area contributed by atoms with E-state index in [-0.39, 0.29) is 11.4 Å². The maximum Gasteiger partial charge on any atom is 0.265 e. The van der Waals surface area contributed by atoms with E-state index in [0.29, 0.717) is 16.8 Å². The number of hydrazine groups is 1. The molecule has 0 unspecified atom stereocenters. The first kappa shape index (κ1) is 13.3. The fraction of sp³-hybridized carbons (Fsp3) is 0. The zero-order chi connectivity index (χ0) is 14.5. The van der Waals surface area contributed by atoms with Crippen LogP contribution in [0.2, 0.25) is 0 Å². The quantitative estimate of drug-likeness (QED) is 0.320. The van der Waals surface area contributed by atoms with Crippen molar-refractivity contribution in [2.24, 2.45) is 5.84 Å². The molecule has 0 radical (unpaired) electrons. The van der Waals surface area contributed by atoms with Gasteiger partial charge in [-0.1, -0.05) is 0 Å². The van der Waals surface area contributed by atoms with Crippen molar-refractivity contribution < 1.29 is 4.79 Å². The molecule has 0 aliphatic heterocycles. The summed E-state index contributed by atoms with van der Waals surface area (Å²) >= 11 is 0. The third-order valence-corrected chi connectivity index (χ3v) is 2.57. The highest BCUT2D eigenvalue weighted by atomic mass is 16.2. The summed E-state index contributed by atoms with van der Waals surface area (Å²) in [5, 5.41) is 16.9. The number of carbonyl (C=O) groups excluding carboxylic acids is 1. The topological polar surface area (TPSA) is 129 Å². The molecule has 7 nitrogen and oxygen atoms in total. The molecule has 0 atom stereocenters. The maximum atomic E-state index is 11.4. The van der Waals surface area contributed by atoms with Crippen LogP contribution in [0.1, 0.15) is 27.3 Å². The van der Waals surface area contributed by atoms with Gasteiger partial charge in [-0.3, -0.25) is 20.6 Å². The van der Waals surface area contributed by atoms with E-state index < -0.39 is 5.91 Å². The minimum absolute atomic E-state index is 0.0931. The molecule has 2 aromatic rings. The average Bonchev–Trinajstić information content (AvgIpc) is 2.53. The summed E-state index contributed by atoms with van der Waals surface area (Å²) in [6.07, 6.45) is 2.86. The lowest BCUT2D eigenvalue weighted by Gasteiger charge is -2.05. The van der Waals surface area contributed by atoms with Gasteiger partial charge >= 0.3 is 0 Å². The number of nitrogen functional groups attached to an aromatic ring is 1. The van der Waals surface area contributed by atoms with Crippen LogP contribution in [0.25, 0.3) is 0 Å². The first-order valence-electron chi connectivity index (χ1n) is 5.58. The zero-order valence-corrected chi connectivity index (χ0v) is 10.3. The molecule has 0 bridgehead atoms. The molecule has 0 spiro atoms. The van der Waals surface area contributed by atoms with Crippen LogP contribution in [0.5, 0.6) is 0 Å². The van der Waals surface area contributed by atoms with Crippen molar-refractivity contribution in [1.82, 2.24) is 15.4 Å². The van der Waals surface area contributed by atoms with Crippen molar-refractivity contribution in [2.75, 3.05) is 0 Å². The van der Waals surface area contributed by atoms with Crippen LogP contribution in [0.4, 0.5) is 0 Å². The van der Waals surface area contributed by atoms with Gasteiger partial charge in [0.15, 0.2) is 0 Å². The van der Waals surface area contributed by atoms with Crippen LogP contribution in [0, 0.1) is 16.7 Å². The number of pyridine rings is 2. The van der Waals surface area contributed by atoms with E-state index in [1.807, 2.05) is 11.5 Å².